The fraction of sp³-hybridized carbons (Fsp3) is 0.480. The lowest BCUT2D eigenvalue weighted by Gasteiger charge is -2.12. The van der Waals surface area contributed by atoms with Crippen LogP contribution in [0.2, 0.25) is 0 Å². The number of methoxy groups -OCH3 is 1. The molecule has 2 N–H and O–H groups in total. The molecule has 0 amide bonds. The molecule has 0 spiro atoms. The normalized spacial score (nSPS) is 11.4. The standard InChI is InChI=1S/C25H37N3O3/c1-5-26-25(27-13-12-21-11-10-20(3)24(17-21)29-4)28-18-22-8-7-9-23(16-22)19-31-15-14-30-6-2/h7-11,16-17H,5-6,12-15,18-19H2,1-4H3,(H2,26,27,28). The van der Waals surface area contributed by atoms with Crippen LogP contribution in [-0.2, 0) is 29.0 Å². The molecular formula is C25H37N3O3. The quantitative estimate of drug-likeness (QED) is 0.289. The van der Waals surface area contributed by atoms with E-state index in [1.165, 1.54) is 5.56 Å². The molecule has 0 saturated heterocycles. The van der Waals surface area contributed by atoms with E-state index in [-0.39, 0.29) is 0 Å². The molecule has 2 aromatic rings. The number of benzene rings is 2. The highest BCUT2D eigenvalue weighted by Gasteiger charge is 2.03. The van der Waals surface area contributed by atoms with Crippen LogP contribution in [0.25, 0.3) is 0 Å². The Hall–Kier alpha value is -2.57. The Morgan fingerprint density at radius 2 is 1.74 bits per heavy atom. The van der Waals surface area contributed by atoms with Crippen LogP contribution >= 0.6 is 0 Å². The Labute approximate surface area is 187 Å². The van der Waals surface area contributed by atoms with Crippen LogP contribution in [0.5, 0.6) is 5.75 Å². The zero-order chi connectivity index (χ0) is 22.3. The summed E-state index contributed by atoms with van der Waals surface area (Å²) in [5.74, 6) is 1.75. The van der Waals surface area contributed by atoms with Crippen LogP contribution < -0.4 is 15.4 Å². The van der Waals surface area contributed by atoms with Gasteiger partial charge in [0, 0.05) is 19.7 Å². The van der Waals surface area contributed by atoms with E-state index in [1.807, 2.05) is 6.92 Å². The van der Waals surface area contributed by atoms with Gasteiger partial charge < -0.3 is 24.8 Å². The third-order valence-electron chi connectivity index (χ3n) is 4.78. The lowest BCUT2D eigenvalue weighted by Crippen LogP contribution is -2.38. The molecule has 0 aliphatic heterocycles. The predicted octanol–water partition coefficient (Wildman–Crippen LogP) is 3.85. The summed E-state index contributed by atoms with van der Waals surface area (Å²) in [6.07, 6.45) is 0.898. The molecule has 0 atom stereocenters. The van der Waals surface area contributed by atoms with Gasteiger partial charge in [0.05, 0.1) is 33.5 Å². The summed E-state index contributed by atoms with van der Waals surface area (Å²) < 4.78 is 16.4. The first-order chi connectivity index (χ1) is 15.2. The van der Waals surface area contributed by atoms with Gasteiger partial charge in [0.15, 0.2) is 5.96 Å². The summed E-state index contributed by atoms with van der Waals surface area (Å²) >= 11 is 0. The number of ether oxygens (including phenoxy) is 3. The molecular weight excluding hydrogens is 390 g/mol. The highest BCUT2D eigenvalue weighted by atomic mass is 16.5. The summed E-state index contributed by atoms with van der Waals surface area (Å²) in [6.45, 7) is 10.9. The minimum atomic E-state index is 0.586. The third kappa shape index (κ3) is 9.40. The second-order valence-corrected chi connectivity index (χ2v) is 7.25. The van der Waals surface area contributed by atoms with Crippen LogP contribution in [0.3, 0.4) is 0 Å². The Morgan fingerprint density at radius 1 is 0.935 bits per heavy atom. The van der Waals surface area contributed by atoms with Gasteiger partial charge in [-0.2, -0.15) is 0 Å². The number of aryl methyl sites for hydroxylation is 1. The third-order valence-corrected chi connectivity index (χ3v) is 4.78. The Balaban J connectivity index is 1.85. The van der Waals surface area contributed by atoms with Gasteiger partial charge in [-0.25, -0.2) is 4.99 Å². The van der Waals surface area contributed by atoms with Crippen molar-refractivity contribution in [2.75, 3.05) is 40.0 Å². The number of nitrogens with zero attached hydrogens (tertiary/aromatic N) is 1. The molecule has 0 radical (unpaired) electrons. The highest BCUT2D eigenvalue weighted by molar-refractivity contribution is 5.79. The van der Waals surface area contributed by atoms with Crippen molar-refractivity contribution in [1.29, 1.82) is 0 Å². The largest absolute Gasteiger partial charge is 0.496 e. The van der Waals surface area contributed by atoms with Crippen LogP contribution in [0.15, 0.2) is 47.5 Å². The van der Waals surface area contributed by atoms with E-state index in [0.29, 0.717) is 26.4 Å². The van der Waals surface area contributed by atoms with E-state index < -0.39 is 0 Å². The average Bonchev–Trinajstić information content (AvgIpc) is 2.78. The average molecular weight is 428 g/mol. The maximum Gasteiger partial charge on any atom is 0.191 e. The predicted molar refractivity (Wildman–Crippen MR) is 127 cm³/mol. The molecule has 0 unspecified atom stereocenters. The summed E-state index contributed by atoms with van der Waals surface area (Å²) in [7, 11) is 1.71. The van der Waals surface area contributed by atoms with E-state index in [9.17, 15) is 0 Å². The molecule has 6 heteroatoms. The van der Waals surface area contributed by atoms with E-state index in [2.05, 4.69) is 66.9 Å². The summed E-state index contributed by atoms with van der Waals surface area (Å²) in [5, 5.41) is 6.73. The molecule has 0 aliphatic carbocycles. The first-order valence-electron chi connectivity index (χ1n) is 11.0. The van der Waals surface area contributed by atoms with E-state index in [1.54, 1.807) is 7.11 Å². The second kappa shape index (κ2) is 14.4. The highest BCUT2D eigenvalue weighted by Crippen LogP contribution is 2.19. The van der Waals surface area contributed by atoms with Crippen LogP contribution in [0.1, 0.15) is 36.1 Å². The molecule has 0 saturated carbocycles. The number of rotatable bonds is 13. The maximum absolute atomic E-state index is 5.67. The molecule has 2 aromatic carbocycles. The Morgan fingerprint density at radius 3 is 2.52 bits per heavy atom. The molecule has 2 rings (SSSR count). The van der Waals surface area contributed by atoms with E-state index in [4.69, 9.17) is 19.2 Å². The fourth-order valence-corrected chi connectivity index (χ4v) is 3.13. The van der Waals surface area contributed by atoms with Gasteiger partial charge in [0.25, 0.3) is 0 Å². The first-order valence-corrected chi connectivity index (χ1v) is 11.0. The molecule has 0 fully saturated rings. The Bertz CT molecular complexity index is 808. The molecule has 170 valence electrons. The van der Waals surface area contributed by atoms with Crippen molar-refractivity contribution in [3.05, 3.63) is 64.7 Å². The van der Waals surface area contributed by atoms with Crippen molar-refractivity contribution in [3.63, 3.8) is 0 Å². The van der Waals surface area contributed by atoms with Crippen molar-refractivity contribution >= 4 is 5.96 Å². The molecule has 31 heavy (non-hydrogen) atoms. The smallest absolute Gasteiger partial charge is 0.191 e. The second-order valence-electron chi connectivity index (χ2n) is 7.25. The lowest BCUT2D eigenvalue weighted by atomic mass is 10.1. The van der Waals surface area contributed by atoms with E-state index in [0.717, 1.165) is 54.5 Å². The molecule has 0 bridgehead atoms. The maximum atomic E-state index is 5.67. The van der Waals surface area contributed by atoms with Crippen LogP contribution in [0.4, 0.5) is 0 Å². The van der Waals surface area contributed by atoms with Crippen LogP contribution in [-0.4, -0.2) is 46.0 Å². The zero-order valence-electron chi connectivity index (χ0n) is 19.4. The SMILES string of the molecule is CCNC(=NCc1cccc(COCCOCC)c1)NCCc1ccc(C)c(OC)c1. The van der Waals surface area contributed by atoms with Crippen molar-refractivity contribution in [2.24, 2.45) is 4.99 Å². The van der Waals surface area contributed by atoms with Crippen molar-refractivity contribution < 1.29 is 14.2 Å². The van der Waals surface area contributed by atoms with E-state index >= 15 is 0 Å². The molecule has 6 nitrogen and oxygen atoms in total. The summed E-state index contributed by atoms with van der Waals surface area (Å²) in [6, 6.07) is 14.7. The number of hydrogen-bond donors (Lipinski definition) is 2. The number of nitrogens with one attached hydrogen (secondary N) is 2. The summed E-state index contributed by atoms with van der Waals surface area (Å²) in [5.41, 5.74) is 4.70. The van der Waals surface area contributed by atoms with Gasteiger partial charge in [-0.05, 0) is 55.5 Å². The molecule has 0 aromatic heterocycles. The minimum absolute atomic E-state index is 0.586. The zero-order valence-corrected chi connectivity index (χ0v) is 19.4. The Kier molecular flexibility index (Phi) is 11.5. The van der Waals surface area contributed by atoms with Crippen molar-refractivity contribution in [1.82, 2.24) is 10.6 Å². The first kappa shape index (κ1) is 24.7. The van der Waals surface area contributed by atoms with Gasteiger partial charge in [0.1, 0.15) is 5.75 Å². The van der Waals surface area contributed by atoms with Gasteiger partial charge >= 0.3 is 0 Å². The van der Waals surface area contributed by atoms with Gasteiger partial charge in [-0.3, -0.25) is 0 Å². The molecule has 0 heterocycles. The van der Waals surface area contributed by atoms with Gasteiger partial charge in [-0.1, -0.05) is 36.4 Å². The number of hydrogen-bond acceptors (Lipinski definition) is 4. The number of guanidine groups is 1. The van der Waals surface area contributed by atoms with Gasteiger partial charge in [-0.15, -0.1) is 0 Å². The van der Waals surface area contributed by atoms with Crippen molar-refractivity contribution in [3.8, 4) is 5.75 Å². The monoisotopic (exact) mass is 427 g/mol. The minimum Gasteiger partial charge on any atom is -0.496 e. The number of aliphatic imine (C=N–C) groups is 1. The summed E-state index contributed by atoms with van der Waals surface area (Å²) in [4.78, 5) is 4.73. The van der Waals surface area contributed by atoms with Crippen molar-refractivity contribution in [2.45, 2.75) is 40.3 Å². The fourth-order valence-electron chi connectivity index (χ4n) is 3.13. The molecule has 0 aliphatic rings. The van der Waals surface area contributed by atoms with Gasteiger partial charge in [0.2, 0.25) is 0 Å². The topological polar surface area (TPSA) is 64.1 Å². The van der Waals surface area contributed by atoms with Crippen LogP contribution in [0, 0.1) is 6.92 Å². The lowest BCUT2D eigenvalue weighted by molar-refractivity contribution is 0.0453.